The van der Waals surface area contributed by atoms with Crippen LogP contribution >= 0.6 is 0 Å². The van der Waals surface area contributed by atoms with Gasteiger partial charge in [-0.2, -0.15) is 4.68 Å². The first kappa shape index (κ1) is 17.9. The van der Waals surface area contributed by atoms with Gasteiger partial charge in [-0.1, -0.05) is 54.6 Å². The van der Waals surface area contributed by atoms with Gasteiger partial charge in [0.2, 0.25) is 5.82 Å². The highest BCUT2D eigenvalue weighted by atomic mass is 15.5. The van der Waals surface area contributed by atoms with Crippen molar-refractivity contribution in [2.45, 2.75) is 12.8 Å². The van der Waals surface area contributed by atoms with Crippen molar-refractivity contribution in [2.24, 2.45) is 7.05 Å². The van der Waals surface area contributed by atoms with Crippen molar-refractivity contribution < 1.29 is 0 Å². The molecular formula is C21H19N9. The van der Waals surface area contributed by atoms with Crippen LogP contribution in [0.1, 0.15) is 24.2 Å². The highest BCUT2D eigenvalue weighted by Crippen LogP contribution is 2.25. The molecule has 0 radical (unpaired) electrons. The van der Waals surface area contributed by atoms with Gasteiger partial charge in [-0.05, 0) is 17.7 Å². The lowest BCUT2D eigenvalue weighted by Crippen LogP contribution is -2.07. The van der Waals surface area contributed by atoms with Crippen LogP contribution in [0, 0.1) is 0 Å². The zero-order valence-electron chi connectivity index (χ0n) is 16.5. The van der Waals surface area contributed by atoms with Crippen LogP contribution in [0.5, 0.6) is 0 Å². The number of rotatable bonds is 4. The Kier molecular flexibility index (Phi) is 4.20. The zero-order chi connectivity index (χ0) is 20.7. The largest absolute Gasteiger partial charge is 0.381 e. The number of nitrogen functional groups attached to an aromatic ring is 1. The van der Waals surface area contributed by atoms with Gasteiger partial charge in [-0.25, -0.2) is 15.0 Å². The SMILES string of the molecule is C[C@H](c1ccccc1)c1nc(-c2cnc(N)c(-n3nnc4ccccc43)n2)nn1C. The van der Waals surface area contributed by atoms with Crippen LogP contribution in [-0.4, -0.2) is 39.7 Å². The minimum atomic E-state index is 0.0814. The molecule has 3 aromatic heterocycles. The second-order valence-corrected chi connectivity index (χ2v) is 7.00. The molecule has 9 heteroatoms. The Bertz CT molecular complexity index is 1340. The van der Waals surface area contributed by atoms with Crippen molar-refractivity contribution in [3.05, 3.63) is 72.2 Å². The molecule has 3 heterocycles. The number of nitrogens with zero attached hydrogens (tertiary/aromatic N) is 8. The van der Waals surface area contributed by atoms with Crippen molar-refractivity contribution in [3.63, 3.8) is 0 Å². The third-order valence-electron chi connectivity index (χ3n) is 5.05. The molecule has 2 N–H and O–H groups in total. The molecule has 1 atom stereocenters. The topological polar surface area (TPSA) is 113 Å². The molecule has 0 spiro atoms. The minimum Gasteiger partial charge on any atom is -0.381 e. The van der Waals surface area contributed by atoms with Gasteiger partial charge in [-0.15, -0.1) is 10.2 Å². The average molecular weight is 397 g/mol. The summed E-state index contributed by atoms with van der Waals surface area (Å²) >= 11 is 0. The smallest absolute Gasteiger partial charge is 0.201 e. The van der Waals surface area contributed by atoms with Gasteiger partial charge in [0.1, 0.15) is 17.0 Å². The summed E-state index contributed by atoms with van der Waals surface area (Å²) in [6.45, 7) is 2.10. The molecule has 30 heavy (non-hydrogen) atoms. The number of aromatic nitrogens is 8. The van der Waals surface area contributed by atoms with Crippen LogP contribution in [-0.2, 0) is 7.05 Å². The van der Waals surface area contributed by atoms with Gasteiger partial charge in [0.05, 0.1) is 11.7 Å². The number of benzene rings is 2. The maximum Gasteiger partial charge on any atom is 0.201 e. The lowest BCUT2D eigenvalue weighted by atomic mass is 10.0. The second-order valence-electron chi connectivity index (χ2n) is 7.00. The fourth-order valence-corrected chi connectivity index (χ4v) is 3.45. The van der Waals surface area contributed by atoms with Crippen molar-refractivity contribution >= 4 is 16.9 Å². The molecule has 0 aliphatic rings. The monoisotopic (exact) mass is 397 g/mol. The van der Waals surface area contributed by atoms with E-state index in [1.165, 1.54) is 0 Å². The molecule has 0 fully saturated rings. The normalized spacial score (nSPS) is 12.3. The van der Waals surface area contributed by atoms with Crippen molar-refractivity contribution in [2.75, 3.05) is 5.73 Å². The van der Waals surface area contributed by atoms with E-state index in [1.54, 1.807) is 15.6 Å². The van der Waals surface area contributed by atoms with Gasteiger partial charge in [-0.3, -0.25) is 4.68 Å². The van der Waals surface area contributed by atoms with E-state index in [2.05, 4.69) is 44.4 Å². The lowest BCUT2D eigenvalue weighted by molar-refractivity contribution is 0.673. The van der Waals surface area contributed by atoms with E-state index < -0.39 is 0 Å². The maximum absolute atomic E-state index is 6.10. The average Bonchev–Trinajstić information content (AvgIpc) is 3.38. The summed E-state index contributed by atoms with van der Waals surface area (Å²) in [6, 6.07) is 17.8. The zero-order valence-corrected chi connectivity index (χ0v) is 16.5. The number of fused-ring (bicyclic) bond motifs is 1. The predicted molar refractivity (Wildman–Crippen MR) is 113 cm³/mol. The third kappa shape index (κ3) is 2.96. The Balaban J connectivity index is 1.57. The molecule has 148 valence electrons. The van der Waals surface area contributed by atoms with Crippen molar-refractivity contribution in [1.82, 2.24) is 39.7 Å². The van der Waals surface area contributed by atoms with Crippen LogP contribution in [0.25, 0.3) is 28.4 Å². The molecule has 5 aromatic rings. The molecule has 5 rings (SSSR count). The first-order valence-electron chi connectivity index (χ1n) is 9.51. The molecule has 9 nitrogen and oxygen atoms in total. The Morgan fingerprint density at radius 1 is 0.967 bits per heavy atom. The minimum absolute atomic E-state index is 0.0814. The Hall–Kier alpha value is -4.14. The Morgan fingerprint density at radius 2 is 1.73 bits per heavy atom. The number of hydrogen-bond acceptors (Lipinski definition) is 7. The van der Waals surface area contributed by atoms with Gasteiger partial charge < -0.3 is 5.73 Å². The third-order valence-corrected chi connectivity index (χ3v) is 5.05. The number of anilines is 1. The molecule has 0 bridgehead atoms. The van der Waals surface area contributed by atoms with E-state index in [1.807, 2.05) is 49.5 Å². The number of aryl methyl sites for hydroxylation is 1. The molecule has 0 unspecified atom stereocenters. The van der Waals surface area contributed by atoms with E-state index in [9.17, 15) is 0 Å². The summed E-state index contributed by atoms with van der Waals surface area (Å²) in [5, 5.41) is 12.9. The van der Waals surface area contributed by atoms with E-state index >= 15 is 0 Å². The summed E-state index contributed by atoms with van der Waals surface area (Å²) in [5.74, 6) is 2.04. The molecule has 0 aliphatic heterocycles. The predicted octanol–water partition coefficient (Wildman–Crippen LogP) is 2.74. The van der Waals surface area contributed by atoms with E-state index in [0.717, 1.165) is 22.4 Å². The van der Waals surface area contributed by atoms with E-state index in [0.29, 0.717) is 17.3 Å². The quantitative estimate of drug-likeness (QED) is 0.496. The Labute approximate surface area is 172 Å². The molecule has 0 saturated carbocycles. The van der Waals surface area contributed by atoms with Crippen LogP contribution in [0.3, 0.4) is 0 Å². The van der Waals surface area contributed by atoms with Crippen LogP contribution < -0.4 is 5.73 Å². The van der Waals surface area contributed by atoms with Gasteiger partial charge in [0.25, 0.3) is 0 Å². The van der Waals surface area contributed by atoms with E-state index in [-0.39, 0.29) is 11.7 Å². The van der Waals surface area contributed by atoms with Crippen LogP contribution in [0.15, 0.2) is 60.8 Å². The Morgan fingerprint density at radius 3 is 2.57 bits per heavy atom. The van der Waals surface area contributed by atoms with Crippen molar-refractivity contribution in [1.29, 1.82) is 0 Å². The first-order chi connectivity index (χ1) is 14.6. The van der Waals surface area contributed by atoms with E-state index in [4.69, 9.17) is 10.7 Å². The molecule has 0 saturated heterocycles. The first-order valence-corrected chi connectivity index (χ1v) is 9.51. The van der Waals surface area contributed by atoms with Crippen LogP contribution in [0.4, 0.5) is 5.82 Å². The van der Waals surface area contributed by atoms with Gasteiger partial charge in [0.15, 0.2) is 11.6 Å². The highest BCUT2D eigenvalue weighted by Gasteiger charge is 2.20. The fraction of sp³-hybridized carbons (Fsp3) is 0.143. The number of para-hydroxylation sites is 1. The van der Waals surface area contributed by atoms with Crippen LogP contribution in [0.2, 0.25) is 0 Å². The maximum atomic E-state index is 6.10. The number of nitrogens with two attached hydrogens (primary N) is 1. The lowest BCUT2D eigenvalue weighted by Gasteiger charge is -2.10. The summed E-state index contributed by atoms with van der Waals surface area (Å²) in [4.78, 5) is 13.7. The standard InChI is InChI=1S/C21H19N9/c1-13(14-8-4-3-5-9-14)20-25-19(27-29(20)2)16-12-23-18(22)21(24-16)30-17-11-7-6-10-15(17)26-28-30/h3-13H,1-2H3,(H2,22,23)/t13-/m1/s1. The highest BCUT2D eigenvalue weighted by molar-refractivity contribution is 5.76. The summed E-state index contributed by atoms with van der Waals surface area (Å²) in [7, 11) is 1.88. The summed E-state index contributed by atoms with van der Waals surface area (Å²) in [5.41, 5.74) is 9.32. The molecule has 2 aromatic carbocycles. The van der Waals surface area contributed by atoms with Crippen molar-refractivity contribution in [3.8, 4) is 17.3 Å². The molecule has 0 amide bonds. The fourth-order valence-electron chi connectivity index (χ4n) is 3.45. The molecule has 0 aliphatic carbocycles. The number of hydrogen-bond donors (Lipinski definition) is 1. The summed E-state index contributed by atoms with van der Waals surface area (Å²) < 4.78 is 3.35. The summed E-state index contributed by atoms with van der Waals surface area (Å²) in [6.07, 6.45) is 1.57. The van der Waals surface area contributed by atoms with Gasteiger partial charge >= 0.3 is 0 Å². The second kappa shape index (κ2) is 7.03. The molecular weight excluding hydrogens is 378 g/mol. The van der Waals surface area contributed by atoms with Gasteiger partial charge in [0, 0.05) is 13.0 Å².